The first-order valence-electron chi connectivity index (χ1n) is 10.3. The van der Waals surface area contributed by atoms with Crippen LogP contribution in [-0.4, -0.2) is 47.5 Å². The lowest BCUT2D eigenvalue weighted by Gasteiger charge is -2.38. The van der Waals surface area contributed by atoms with Crippen LogP contribution in [0.5, 0.6) is 0 Å². The molecule has 7 nitrogen and oxygen atoms in total. The smallest absolute Gasteiger partial charge is 0.376 e. The molecule has 2 aromatic rings. The number of ether oxygens (including phenoxy) is 1. The number of aryl methyl sites for hydroxylation is 1. The number of anilines is 1. The number of nitrogens with one attached hydrogen (secondary N) is 1. The third-order valence-corrected chi connectivity index (χ3v) is 5.52. The summed E-state index contributed by atoms with van der Waals surface area (Å²) in [7, 11) is 0. The Morgan fingerprint density at radius 3 is 2.65 bits per heavy atom. The topological polar surface area (TPSA) is 84.5 Å². The number of carbonyl (C=O) groups is 2. The number of aromatic amines is 1. The summed E-state index contributed by atoms with van der Waals surface area (Å²) in [6.45, 7) is 9.95. The fourth-order valence-electron chi connectivity index (χ4n) is 3.36. The minimum atomic E-state index is -0.960. The molecular formula is C22H29ClFN3O4. The van der Waals surface area contributed by atoms with Gasteiger partial charge in [0.15, 0.2) is 16.8 Å². The van der Waals surface area contributed by atoms with Gasteiger partial charge in [-0.3, -0.25) is 4.79 Å². The molecule has 31 heavy (non-hydrogen) atoms. The summed E-state index contributed by atoms with van der Waals surface area (Å²) < 4.78 is 17.7. The van der Waals surface area contributed by atoms with Crippen LogP contribution in [0, 0.1) is 5.92 Å². The predicted octanol–water partition coefficient (Wildman–Crippen LogP) is 4.81. The summed E-state index contributed by atoms with van der Waals surface area (Å²) in [5.41, 5.74) is 1.93. The van der Waals surface area contributed by atoms with Gasteiger partial charge in [0, 0.05) is 36.8 Å². The number of H-pyrrole nitrogens is 1. The third kappa shape index (κ3) is 6.77. The van der Waals surface area contributed by atoms with E-state index in [1.165, 1.54) is 13.0 Å². The van der Waals surface area contributed by atoms with Crippen molar-refractivity contribution in [3.63, 3.8) is 0 Å². The van der Waals surface area contributed by atoms with Gasteiger partial charge in [-0.05, 0) is 43.9 Å². The van der Waals surface area contributed by atoms with Crippen molar-refractivity contribution in [2.24, 2.45) is 5.92 Å². The fourth-order valence-corrected chi connectivity index (χ4v) is 3.63. The van der Waals surface area contributed by atoms with Gasteiger partial charge in [-0.15, -0.1) is 0 Å². The zero-order valence-electron chi connectivity index (χ0n) is 18.3. The van der Waals surface area contributed by atoms with E-state index in [0.29, 0.717) is 23.5 Å². The molecule has 0 spiro atoms. The Kier molecular flexibility index (Phi) is 9.45. The van der Waals surface area contributed by atoms with Crippen LogP contribution in [0.15, 0.2) is 24.3 Å². The van der Waals surface area contributed by atoms with Gasteiger partial charge in [0.2, 0.25) is 0 Å². The zero-order chi connectivity index (χ0) is 23.0. The van der Waals surface area contributed by atoms with Gasteiger partial charge in [0.1, 0.15) is 0 Å². The molecule has 3 rings (SSSR count). The largest absolute Gasteiger partial charge is 0.379 e. The third-order valence-electron chi connectivity index (χ3n) is 5.20. The molecule has 0 aliphatic carbocycles. The molecule has 0 radical (unpaired) electrons. The Morgan fingerprint density at radius 2 is 2.10 bits per heavy atom. The summed E-state index contributed by atoms with van der Waals surface area (Å²) in [5.74, 6) is -0.192. The highest BCUT2D eigenvalue weighted by molar-refractivity contribution is 6.30. The summed E-state index contributed by atoms with van der Waals surface area (Å²) in [5, 5.41) is 0.401. The SMILES string of the molecule is CCO[C@H]1CN(c2cccc(C(=O)OF)c2)CC[C@H]1C.CCc1[nH]c(C(C)=O)nc1Cl. The first kappa shape index (κ1) is 24.8. The van der Waals surface area contributed by atoms with Crippen molar-refractivity contribution in [1.29, 1.82) is 0 Å². The van der Waals surface area contributed by atoms with E-state index in [1.54, 1.807) is 12.1 Å². The maximum atomic E-state index is 12.0. The Labute approximate surface area is 186 Å². The summed E-state index contributed by atoms with van der Waals surface area (Å²) in [6.07, 6.45) is 1.98. The molecule has 1 saturated heterocycles. The molecule has 0 amide bonds. The highest BCUT2D eigenvalue weighted by Crippen LogP contribution is 2.26. The highest BCUT2D eigenvalue weighted by atomic mass is 35.5. The van der Waals surface area contributed by atoms with E-state index in [0.717, 1.165) is 37.3 Å². The highest BCUT2D eigenvalue weighted by Gasteiger charge is 2.27. The molecule has 9 heteroatoms. The number of Topliss-reactive ketones (excluding diaryl/α,β-unsaturated/α-hetero) is 1. The summed E-state index contributed by atoms with van der Waals surface area (Å²) >= 11 is 5.69. The molecule has 0 saturated carbocycles. The molecular weight excluding hydrogens is 425 g/mol. The van der Waals surface area contributed by atoms with Crippen molar-refractivity contribution in [2.75, 3.05) is 24.6 Å². The predicted molar refractivity (Wildman–Crippen MR) is 117 cm³/mol. The number of hydrogen-bond donors (Lipinski definition) is 1. The van der Waals surface area contributed by atoms with E-state index in [2.05, 4.69) is 26.7 Å². The molecule has 2 heterocycles. The second-order valence-corrected chi connectivity index (χ2v) is 7.74. The van der Waals surface area contributed by atoms with Gasteiger partial charge in [-0.1, -0.05) is 31.5 Å². The Balaban J connectivity index is 0.000000262. The van der Waals surface area contributed by atoms with Crippen molar-refractivity contribution in [1.82, 2.24) is 9.97 Å². The molecule has 170 valence electrons. The van der Waals surface area contributed by atoms with Crippen LogP contribution < -0.4 is 4.90 Å². The number of rotatable bonds is 6. The van der Waals surface area contributed by atoms with Crippen LogP contribution in [0.4, 0.5) is 10.2 Å². The molecule has 1 aromatic heterocycles. The van der Waals surface area contributed by atoms with Gasteiger partial charge in [0.05, 0.1) is 17.4 Å². The van der Waals surface area contributed by atoms with Gasteiger partial charge >= 0.3 is 5.97 Å². The lowest BCUT2D eigenvalue weighted by atomic mass is 9.95. The Hall–Kier alpha value is -2.45. The van der Waals surface area contributed by atoms with E-state index in [1.807, 2.05) is 19.9 Å². The van der Waals surface area contributed by atoms with Crippen molar-refractivity contribution in [3.8, 4) is 0 Å². The van der Waals surface area contributed by atoms with Gasteiger partial charge < -0.3 is 14.6 Å². The summed E-state index contributed by atoms with van der Waals surface area (Å²) in [6, 6.07) is 6.84. The van der Waals surface area contributed by atoms with E-state index in [-0.39, 0.29) is 17.5 Å². The zero-order valence-corrected chi connectivity index (χ0v) is 19.0. The number of hydrogen-bond acceptors (Lipinski definition) is 6. The molecule has 1 N–H and O–H groups in total. The number of halogens is 2. The summed E-state index contributed by atoms with van der Waals surface area (Å²) in [4.78, 5) is 34.1. The van der Waals surface area contributed by atoms with Crippen molar-refractivity contribution < 1.29 is 23.8 Å². The van der Waals surface area contributed by atoms with Gasteiger partial charge in [0.25, 0.3) is 0 Å². The average molecular weight is 454 g/mol. The quantitative estimate of drug-likeness (QED) is 0.632. The molecule has 0 bridgehead atoms. The Morgan fingerprint density at radius 1 is 1.35 bits per heavy atom. The van der Waals surface area contributed by atoms with Crippen LogP contribution in [0.25, 0.3) is 0 Å². The lowest BCUT2D eigenvalue weighted by Crippen LogP contribution is -2.44. The van der Waals surface area contributed by atoms with Crippen LogP contribution in [0.3, 0.4) is 0 Å². The van der Waals surface area contributed by atoms with Crippen LogP contribution in [0.1, 0.15) is 60.8 Å². The molecule has 2 atom stereocenters. The van der Waals surface area contributed by atoms with Crippen molar-refractivity contribution in [3.05, 3.63) is 46.5 Å². The number of benzene rings is 1. The second kappa shape index (κ2) is 11.8. The number of carbonyl (C=O) groups excluding carboxylic acids is 2. The number of imidazole rings is 1. The molecule has 0 unspecified atom stereocenters. The number of aromatic nitrogens is 2. The van der Waals surface area contributed by atoms with Gasteiger partial charge in [-0.25, -0.2) is 14.7 Å². The van der Waals surface area contributed by atoms with E-state index < -0.39 is 5.97 Å². The van der Waals surface area contributed by atoms with Crippen molar-refractivity contribution in [2.45, 2.75) is 46.6 Å². The Bertz CT molecular complexity index is 889. The molecule has 1 aliphatic heterocycles. The first-order chi connectivity index (χ1) is 14.8. The average Bonchev–Trinajstić information content (AvgIpc) is 3.16. The van der Waals surface area contributed by atoms with Crippen LogP contribution in [0.2, 0.25) is 5.15 Å². The van der Waals surface area contributed by atoms with Crippen molar-refractivity contribution >= 4 is 29.0 Å². The molecule has 1 aromatic carbocycles. The monoisotopic (exact) mass is 453 g/mol. The molecule has 1 fully saturated rings. The van der Waals surface area contributed by atoms with Gasteiger partial charge in [-0.2, -0.15) is 0 Å². The second-order valence-electron chi connectivity index (χ2n) is 7.39. The minimum Gasteiger partial charge on any atom is -0.376 e. The minimum absolute atomic E-state index is 0.0911. The van der Waals surface area contributed by atoms with E-state index in [9.17, 15) is 14.1 Å². The normalized spacial score (nSPS) is 18.2. The van der Waals surface area contributed by atoms with E-state index >= 15 is 0 Å². The van der Waals surface area contributed by atoms with E-state index in [4.69, 9.17) is 16.3 Å². The first-order valence-corrected chi connectivity index (χ1v) is 10.7. The number of piperidine rings is 1. The van der Waals surface area contributed by atoms with Crippen LogP contribution >= 0.6 is 11.6 Å². The maximum Gasteiger partial charge on any atom is 0.379 e. The number of nitrogens with zero attached hydrogens (tertiary/aromatic N) is 2. The number of ketones is 1. The van der Waals surface area contributed by atoms with Crippen LogP contribution in [-0.2, 0) is 16.1 Å². The standard InChI is InChI=1S/C15H20FNO3.C7H9ClN2O/c1-3-19-14-10-17(8-7-11(14)2)13-6-4-5-12(9-13)15(18)20-16;1-3-5-6(8)10-7(9-5)4(2)11/h4-6,9,11,14H,3,7-8,10H2,1-2H3;3H2,1-2H3,(H,9,10)/t11-,14+;/m1./s1. The molecule has 1 aliphatic rings. The fraction of sp³-hybridized carbons (Fsp3) is 0.500. The lowest BCUT2D eigenvalue weighted by molar-refractivity contribution is -0.0788. The maximum absolute atomic E-state index is 12.0.